The first-order valence-electron chi connectivity index (χ1n) is 6.02. The maximum atomic E-state index is 12.9. The molecule has 0 spiro atoms. The lowest BCUT2D eigenvalue weighted by molar-refractivity contribution is -0.143. The Morgan fingerprint density at radius 1 is 1.04 bits per heavy atom. The van der Waals surface area contributed by atoms with Crippen LogP contribution in [0.15, 0.2) is 24.4 Å². The zero-order valence-corrected chi connectivity index (χ0v) is 12.2. The van der Waals surface area contributed by atoms with Crippen molar-refractivity contribution in [1.29, 1.82) is 5.26 Å². The molecule has 126 valence electrons. The summed E-state index contributed by atoms with van der Waals surface area (Å²) >= 11 is 4.80. The zero-order chi connectivity index (χ0) is 18.3. The SMILES string of the molecule is N#Cc1cnc(=S)n(-c2cc(C(F)(F)F)cc(C(F)(F)F)c2)c1N. The monoisotopic (exact) mass is 364 g/mol. The Balaban J connectivity index is 2.86. The summed E-state index contributed by atoms with van der Waals surface area (Å²) < 4.78 is 77.7. The Labute approximate surface area is 135 Å². The Morgan fingerprint density at radius 2 is 1.54 bits per heavy atom. The molecule has 4 nitrogen and oxygen atoms in total. The minimum Gasteiger partial charge on any atom is -0.384 e. The first-order valence-corrected chi connectivity index (χ1v) is 6.43. The number of nitrogens with zero attached hydrogens (tertiary/aromatic N) is 3. The lowest BCUT2D eigenvalue weighted by Gasteiger charge is -2.17. The van der Waals surface area contributed by atoms with Gasteiger partial charge >= 0.3 is 12.4 Å². The molecule has 0 atom stereocenters. The lowest BCUT2D eigenvalue weighted by Crippen LogP contribution is -2.14. The van der Waals surface area contributed by atoms with Gasteiger partial charge in [0.25, 0.3) is 0 Å². The molecule has 0 aliphatic carbocycles. The summed E-state index contributed by atoms with van der Waals surface area (Å²) in [6.45, 7) is 0. The minimum atomic E-state index is -5.02. The van der Waals surface area contributed by atoms with Crippen LogP contribution in [0.25, 0.3) is 5.69 Å². The van der Waals surface area contributed by atoms with Gasteiger partial charge in [0.05, 0.1) is 23.0 Å². The van der Waals surface area contributed by atoms with Crippen molar-refractivity contribution < 1.29 is 26.3 Å². The van der Waals surface area contributed by atoms with Gasteiger partial charge in [0.2, 0.25) is 4.77 Å². The highest BCUT2D eigenvalue weighted by molar-refractivity contribution is 7.71. The van der Waals surface area contributed by atoms with Crippen LogP contribution in [0.4, 0.5) is 32.2 Å². The number of nitriles is 1. The number of nitrogen functional groups attached to an aromatic ring is 1. The molecule has 0 saturated carbocycles. The standard InChI is InChI=1S/C13H6F6N4S/c14-12(15,16)7-1-8(13(17,18)19)3-9(2-7)23-10(21)6(4-20)5-22-11(23)24/h1-3,5H,21H2. The van der Waals surface area contributed by atoms with Crippen LogP contribution < -0.4 is 5.73 Å². The Bertz CT molecular complexity index is 859. The van der Waals surface area contributed by atoms with E-state index in [1.54, 1.807) is 6.07 Å². The van der Waals surface area contributed by atoms with E-state index < -0.39 is 35.0 Å². The van der Waals surface area contributed by atoms with Gasteiger partial charge in [0, 0.05) is 0 Å². The van der Waals surface area contributed by atoms with Gasteiger partial charge in [-0.3, -0.25) is 4.57 Å². The van der Waals surface area contributed by atoms with E-state index in [2.05, 4.69) is 4.98 Å². The normalized spacial score (nSPS) is 12.0. The molecule has 0 saturated heterocycles. The number of alkyl halides is 6. The predicted molar refractivity (Wildman–Crippen MR) is 73.5 cm³/mol. The van der Waals surface area contributed by atoms with Crippen LogP contribution in [0.1, 0.15) is 16.7 Å². The summed E-state index contributed by atoms with van der Waals surface area (Å²) in [5.41, 5.74) is 1.72. The van der Waals surface area contributed by atoms with E-state index in [0.717, 1.165) is 6.20 Å². The topological polar surface area (TPSA) is 67.6 Å². The van der Waals surface area contributed by atoms with E-state index in [4.69, 9.17) is 23.2 Å². The number of nitrogens with two attached hydrogens (primary N) is 1. The van der Waals surface area contributed by atoms with Crippen LogP contribution in [0.5, 0.6) is 0 Å². The highest BCUT2D eigenvalue weighted by Gasteiger charge is 2.37. The van der Waals surface area contributed by atoms with Gasteiger partial charge in [-0.1, -0.05) is 0 Å². The average molecular weight is 364 g/mol. The van der Waals surface area contributed by atoms with Crippen LogP contribution >= 0.6 is 12.2 Å². The summed E-state index contributed by atoms with van der Waals surface area (Å²) in [7, 11) is 0. The Morgan fingerprint density at radius 3 is 1.96 bits per heavy atom. The molecule has 1 aromatic heterocycles. The summed E-state index contributed by atoms with van der Waals surface area (Å²) in [4.78, 5) is 3.58. The van der Waals surface area contributed by atoms with E-state index >= 15 is 0 Å². The lowest BCUT2D eigenvalue weighted by atomic mass is 10.1. The van der Waals surface area contributed by atoms with Gasteiger partial charge in [-0.15, -0.1) is 0 Å². The first-order chi connectivity index (χ1) is 10.9. The molecule has 0 amide bonds. The van der Waals surface area contributed by atoms with Gasteiger partial charge in [-0.05, 0) is 30.4 Å². The second kappa shape index (κ2) is 5.79. The molecule has 1 aromatic carbocycles. The molecule has 0 unspecified atom stereocenters. The van der Waals surface area contributed by atoms with Crippen LogP contribution in [0.3, 0.4) is 0 Å². The van der Waals surface area contributed by atoms with Crippen LogP contribution in [0.2, 0.25) is 0 Å². The van der Waals surface area contributed by atoms with Gasteiger partial charge in [-0.25, -0.2) is 4.98 Å². The Hall–Kier alpha value is -2.61. The molecule has 0 fully saturated rings. The number of rotatable bonds is 1. The number of hydrogen-bond acceptors (Lipinski definition) is 4. The molecule has 1 heterocycles. The Kier molecular flexibility index (Phi) is 4.28. The smallest absolute Gasteiger partial charge is 0.384 e. The van der Waals surface area contributed by atoms with Crippen LogP contribution in [-0.2, 0) is 12.4 Å². The number of aromatic nitrogens is 2. The van der Waals surface area contributed by atoms with Gasteiger partial charge in [0.15, 0.2) is 0 Å². The summed E-state index contributed by atoms with van der Waals surface area (Å²) in [6, 6.07) is 2.50. The van der Waals surface area contributed by atoms with Crippen molar-refractivity contribution in [3.05, 3.63) is 45.9 Å². The van der Waals surface area contributed by atoms with Crippen molar-refractivity contribution >= 4 is 18.0 Å². The molecular formula is C13H6F6N4S. The van der Waals surface area contributed by atoms with E-state index in [1.165, 1.54) is 0 Å². The van der Waals surface area contributed by atoms with Crippen molar-refractivity contribution in [1.82, 2.24) is 9.55 Å². The number of hydrogen-bond donors (Lipinski definition) is 1. The van der Waals surface area contributed by atoms with Crippen molar-refractivity contribution in [2.24, 2.45) is 0 Å². The third kappa shape index (κ3) is 3.33. The highest BCUT2D eigenvalue weighted by atomic mass is 32.1. The quantitative estimate of drug-likeness (QED) is 0.611. The third-order valence-corrected chi connectivity index (χ3v) is 3.25. The molecule has 11 heteroatoms. The van der Waals surface area contributed by atoms with Crippen LogP contribution in [0, 0.1) is 16.1 Å². The molecule has 2 aromatic rings. The van der Waals surface area contributed by atoms with Gasteiger partial charge in [0.1, 0.15) is 17.5 Å². The van der Waals surface area contributed by atoms with E-state index in [-0.39, 0.29) is 16.4 Å². The first kappa shape index (κ1) is 17.7. The molecular weight excluding hydrogens is 358 g/mol. The summed E-state index contributed by atoms with van der Waals surface area (Å²) in [6.07, 6.45) is -9.06. The van der Waals surface area contributed by atoms with Crippen LogP contribution in [-0.4, -0.2) is 9.55 Å². The predicted octanol–water partition coefficient (Wildman–Crippen LogP) is 4.09. The molecule has 2 N–H and O–H groups in total. The average Bonchev–Trinajstić information content (AvgIpc) is 2.45. The molecule has 0 aliphatic rings. The highest BCUT2D eigenvalue weighted by Crippen LogP contribution is 2.37. The fraction of sp³-hybridized carbons (Fsp3) is 0.154. The molecule has 0 radical (unpaired) electrons. The third-order valence-electron chi connectivity index (χ3n) is 2.96. The summed E-state index contributed by atoms with van der Waals surface area (Å²) in [5.74, 6) is -0.412. The number of benzene rings is 1. The van der Waals surface area contributed by atoms with E-state index in [9.17, 15) is 26.3 Å². The summed E-state index contributed by atoms with van der Waals surface area (Å²) in [5, 5.41) is 8.87. The molecule has 0 bridgehead atoms. The fourth-order valence-electron chi connectivity index (χ4n) is 1.87. The van der Waals surface area contributed by atoms with E-state index in [0.29, 0.717) is 16.7 Å². The maximum absolute atomic E-state index is 12.9. The second-order valence-electron chi connectivity index (χ2n) is 4.55. The van der Waals surface area contributed by atoms with Gasteiger partial charge < -0.3 is 5.73 Å². The van der Waals surface area contributed by atoms with Crippen molar-refractivity contribution in [3.8, 4) is 11.8 Å². The largest absolute Gasteiger partial charge is 0.416 e. The van der Waals surface area contributed by atoms with Crippen molar-refractivity contribution in [3.63, 3.8) is 0 Å². The van der Waals surface area contributed by atoms with Crippen molar-refractivity contribution in [2.75, 3.05) is 5.73 Å². The molecule has 24 heavy (non-hydrogen) atoms. The van der Waals surface area contributed by atoms with Gasteiger partial charge in [-0.2, -0.15) is 31.6 Å². The number of halogens is 6. The zero-order valence-electron chi connectivity index (χ0n) is 11.4. The molecule has 0 aliphatic heterocycles. The number of anilines is 1. The minimum absolute atomic E-state index is 0.0229. The fourth-order valence-corrected chi connectivity index (χ4v) is 2.13. The maximum Gasteiger partial charge on any atom is 0.416 e. The molecule has 2 rings (SSSR count). The van der Waals surface area contributed by atoms with E-state index in [1.807, 2.05) is 0 Å². The second-order valence-corrected chi connectivity index (χ2v) is 4.92. The van der Waals surface area contributed by atoms with Crippen molar-refractivity contribution in [2.45, 2.75) is 12.4 Å².